The number of nitrogens with zero attached hydrogens (tertiary/aromatic N) is 2. The summed E-state index contributed by atoms with van der Waals surface area (Å²) in [4.78, 5) is 26.5. The third-order valence-electron chi connectivity index (χ3n) is 3.46. The van der Waals surface area contributed by atoms with Crippen LogP contribution in [-0.4, -0.2) is 59.5 Å². The number of piperazine rings is 1. The topological polar surface area (TPSA) is 60.9 Å². The fraction of sp³-hybridized carbons (Fsp3) is 0.846. The van der Waals surface area contributed by atoms with Crippen molar-refractivity contribution in [2.75, 3.05) is 32.7 Å². The van der Waals surface area contributed by atoms with E-state index in [0.29, 0.717) is 26.2 Å². The summed E-state index contributed by atoms with van der Waals surface area (Å²) in [5.41, 5.74) is 0. The van der Waals surface area contributed by atoms with Crippen LogP contribution in [0.15, 0.2) is 0 Å². The second kappa shape index (κ2) is 7.36. The quantitative estimate of drug-likeness (QED) is 0.771. The summed E-state index contributed by atoms with van der Waals surface area (Å²) in [6, 6.07) is 0. The number of hydrogen-bond donors (Lipinski definition) is 1. The molecule has 5 nitrogen and oxygen atoms in total. The van der Waals surface area contributed by atoms with Gasteiger partial charge < -0.3 is 10.0 Å². The molecule has 1 unspecified atom stereocenters. The Morgan fingerprint density at radius 3 is 2.33 bits per heavy atom. The number of carboxylic acids is 1. The van der Waals surface area contributed by atoms with Crippen molar-refractivity contribution in [3.63, 3.8) is 0 Å². The Morgan fingerprint density at radius 1 is 1.22 bits per heavy atom. The van der Waals surface area contributed by atoms with Crippen LogP contribution in [0.2, 0.25) is 0 Å². The van der Waals surface area contributed by atoms with E-state index in [9.17, 15) is 9.59 Å². The zero-order valence-electron chi connectivity index (χ0n) is 11.4. The molecular formula is C13H24N2O3. The van der Waals surface area contributed by atoms with Gasteiger partial charge in [0.15, 0.2) is 0 Å². The standard InChI is InChI=1S/C13H24N2O3/c1-3-4-5-11(2)13(18)15-8-6-14(7-9-15)10-12(16)17/h11H,3-10H2,1-2H3,(H,16,17). The predicted octanol–water partition coefficient (Wildman–Crippen LogP) is 1.04. The van der Waals surface area contributed by atoms with Crippen LogP contribution in [0.25, 0.3) is 0 Å². The summed E-state index contributed by atoms with van der Waals surface area (Å²) in [7, 11) is 0. The number of unbranched alkanes of at least 4 members (excludes halogenated alkanes) is 1. The number of hydrogen-bond acceptors (Lipinski definition) is 3. The molecule has 1 aliphatic rings. The van der Waals surface area contributed by atoms with E-state index in [2.05, 4.69) is 6.92 Å². The van der Waals surface area contributed by atoms with Crippen molar-refractivity contribution < 1.29 is 14.7 Å². The van der Waals surface area contributed by atoms with Crippen LogP contribution >= 0.6 is 0 Å². The number of rotatable bonds is 6. The lowest BCUT2D eigenvalue weighted by Gasteiger charge is -2.35. The Morgan fingerprint density at radius 2 is 1.83 bits per heavy atom. The zero-order valence-corrected chi connectivity index (χ0v) is 11.4. The van der Waals surface area contributed by atoms with Crippen molar-refractivity contribution in [3.8, 4) is 0 Å². The molecule has 0 aromatic rings. The third kappa shape index (κ3) is 4.64. The fourth-order valence-corrected chi connectivity index (χ4v) is 2.26. The molecule has 0 aromatic heterocycles. The number of carboxylic acid groups (broad SMARTS) is 1. The molecule has 1 heterocycles. The van der Waals surface area contributed by atoms with Crippen molar-refractivity contribution in [3.05, 3.63) is 0 Å². The molecule has 1 rings (SSSR count). The van der Waals surface area contributed by atoms with E-state index in [1.54, 1.807) is 0 Å². The molecule has 1 amide bonds. The summed E-state index contributed by atoms with van der Waals surface area (Å²) in [6.45, 7) is 6.83. The second-order valence-corrected chi connectivity index (χ2v) is 5.04. The highest BCUT2D eigenvalue weighted by atomic mass is 16.4. The largest absolute Gasteiger partial charge is 0.480 e. The molecule has 1 saturated heterocycles. The molecule has 0 bridgehead atoms. The summed E-state index contributed by atoms with van der Waals surface area (Å²) < 4.78 is 0. The first-order valence-electron chi connectivity index (χ1n) is 6.77. The van der Waals surface area contributed by atoms with Gasteiger partial charge in [-0.2, -0.15) is 0 Å². The van der Waals surface area contributed by atoms with Gasteiger partial charge in [0.25, 0.3) is 0 Å². The molecule has 1 aliphatic heterocycles. The van der Waals surface area contributed by atoms with Crippen LogP contribution in [0.4, 0.5) is 0 Å². The van der Waals surface area contributed by atoms with Crippen molar-refractivity contribution in [2.24, 2.45) is 5.92 Å². The van der Waals surface area contributed by atoms with Gasteiger partial charge in [0.05, 0.1) is 6.54 Å². The molecule has 0 aliphatic carbocycles. The monoisotopic (exact) mass is 256 g/mol. The van der Waals surface area contributed by atoms with E-state index >= 15 is 0 Å². The van der Waals surface area contributed by atoms with Gasteiger partial charge in [0.1, 0.15) is 0 Å². The molecule has 0 aromatic carbocycles. The van der Waals surface area contributed by atoms with Crippen molar-refractivity contribution in [1.82, 2.24) is 9.80 Å². The van der Waals surface area contributed by atoms with Gasteiger partial charge in [-0.1, -0.05) is 26.7 Å². The van der Waals surface area contributed by atoms with E-state index in [1.165, 1.54) is 0 Å². The lowest BCUT2D eigenvalue weighted by atomic mass is 10.0. The molecule has 18 heavy (non-hydrogen) atoms. The minimum atomic E-state index is -0.800. The van der Waals surface area contributed by atoms with Gasteiger partial charge >= 0.3 is 5.97 Å². The minimum absolute atomic E-state index is 0.0768. The Kier molecular flexibility index (Phi) is 6.12. The fourth-order valence-electron chi connectivity index (χ4n) is 2.26. The Balaban J connectivity index is 2.33. The van der Waals surface area contributed by atoms with E-state index in [-0.39, 0.29) is 18.4 Å². The molecule has 1 N–H and O–H groups in total. The molecule has 0 saturated carbocycles. The molecule has 104 valence electrons. The molecule has 0 spiro atoms. The van der Waals surface area contributed by atoms with Gasteiger partial charge in [-0.3, -0.25) is 14.5 Å². The number of amides is 1. The van der Waals surface area contributed by atoms with Crippen LogP contribution in [0.3, 0.4) is 0 Å². The summed E-state index contributed by atoms with van der Waals surface area (Å²) in [6.07, 6.45) is 3.15. The van der Waals surface area contributed by atoms with E-state index in [0.717, 1.165) is 19.3 Å². The normalized spacial score (nSPS) is 18.7. The molecule has 1 atom stereocenters. The van der Waals surface area contributed by atoms with E-state index < -0.39 is 5.97 Å². The first-order valence-corrected chi connectivity index (χ1v) is 6.77. The molecule has 1 fully saturated rings. The van der Waals surface area contributed by atoms with Crippen molar-refractivity contribution in [1.29, 1.82) is 0 Å². The first-order chi connectivity index (χ1) is 8.54. The highest BCUT2D eigenvalue weighted by Crippen LogP contribution is 2.13. The molecular weight excluding hydrogens is 232 g/mol. The smallest absolute Gasteiger partial charge is 0.317 e. The maximum atomic E-state index is 12.1. The van der Waals surface area contributed by atoms with Gasteiger partial charge in [0, 0.05) is 32.1 Å². The van der Waals surface area contributed by atoms with Crippen molar-refractivity contribution >= 4 is 11.9 Å². The van der Waals surface area contributed by atoms with Crippen LogP contribution in [-0.2, 0) is 9.59 Å². The number of aliphatic carboxylic acids is 1. The maximum Gasteiger partial charge on any atom is 0.317 e. The number of carbonyl (C=O) groups excluding carboxylic acids is 1. The second-order valence-electron chi connectivity index (χ2n) is 5.04. The highest BCUT2D eigenvalue weighted by molar-refractivity contribution is 5.78. The molecule has 5 heteroatoms. The lowest BCUT2D eigenvalue weighted by Crippen LogP contribution is -2.51. The zero-order chi connectivity index (χ0) is 13.5. The first kappa shape index (κ1) is 15.0. The van der Waals surface area contributed by atoms with Crippen LogP contribution in [0.1, 0.15) is 33.1 Å². The average Bonchev–Trinajstić information content (AvgIpc) is 2.35. The Hall–Kier alpha value is -1.10. The Labute approximate surface area is 109 Å². The van der Waals surface area contributed by atoms with Gasteiger partial charge in [-0.15, -0.1) is 0 Å². The Bertz CT molecular complexity index is 286. The van der Waals surface area contributed by atoms with Crippen molar-refractivity contribution in [2.45, 2.75) is 33.1 Å². The summed E-state index contributed by atoms with van der Waals surface area (Å²) in [5, 5.41) is 8.70. The van der Waals surface area contributed by atoms with Gasteiger partial charge in [0.2, 0.25) is 5.91 Å². The van der Waals surface area contributed by atoms with E-state index in [1.807, 2.05) is 16.7 Å². The van der Waals surface area contributed by atoms with Crippen LogP contribution in [0.5, 0.6) is 0 Å². The lowest BCUT2D eigenvalue weighted by molar-refractivity contribution is -0.140. The summed E-state index contributed by atoms with van der Waals surface area (Å²) in [5.74, 6) is -0.486. The highest BCUT2D eigenvalue weighted by Gasteiger charge is 2.25. The average molecular weight is 256 g/mol. The van der Waals surface area contributed by atoms with Gasteiger partial charge in [-0.05, 0) is 6.42 Å². The molecule has 0 radical (unpaired) electrons. The SMILES string of the molecule is CCCCC(C)C(=O)N1CCN(CC(=O)O)CC1. The number of carbonyl (C=O) groups is 2. The third-order valence-corrected chi connectivity index (χ3v) is 3.46. The maximum absolute atomic E-state index is 12.1. The minimum Gasteiger partial charge on any atom is -0.480 e. The van der Waals surface area contributed by atoms with Gasteiger partial charge in [-0.25, -0.2) is 0 Å². The van der Waals surface area contributed by atoms with E-state index in [4.69, 9.17) is 5.11 Å². The van der Waals surface area contributed by atoms with Crippen LogP contribution in [0, 0.1) is 5.92 Å². The summed E-state index contributed by atoms with van der Waals surface area (Å²) >= 11 is 0. The predicted molar refractivity (Wildman–Crippen MR) is 69.3 cm³/mol. The van der Waals surface area contributed by atoms with Crippen LogP contribution < -0.4 is 0 Å².